The fourth-order valence-corrected chi connectivity index (χ4v) is 2.98. The summed E-state index contributed by atoms with van der Waals surface area (Å²) in [5.74, 6) is 0.205. The van der Waals surface area contributed by atoms with Gasteiger partial charge in [-0.25, -0.2) is 0 Å². The van der Waals surface area contributed by atoms with E-state index in [9.17, 15) is 15.3 Å². The molecule has 0 aliphatic carbocycles. The Kier molecular flexibility index (Phi) is 5.24. The molecule has 0 bridgehead atoms. The summed E-state index contributed by atoms with van der Waals surface area (Å²) in [5.41, 5.74) is 2.83. The highest BCUT2D eigenvalue weighted by atomic mass is 16.3. The number of phenols is 2. The van der Waals surface area contributed by atoms with Crippen LogP contribution in [0.25, 0.3) is 0 Å². The van der Waals surface area contributed by atoms with Crippen molar-refractivity contribution >= 4 is 0 Å². The second kappa shape index (κ2) is 6.35. The normalized spacial score (nSPS) is 13.2. The third kappa shape index (κ3) is 3.30. The first-order valence-electron chi connectivity index (χ1n) is 7.14. The number of rotatable bonds is 4. The van der Waals surface area contributed by atoms with Gasteiger partial charge in [-0.2, -0.15) is 0 Å². The summed E-state index contributed by atoms with van der Waals surface area (Å²) in [6, 6.07) is 0. The molecule has 0 atom stereocenters. The van der Waals surface area contributed by atoms with Crippen LogP contribution in [0, 0.1) is 13.8 Å². The molecule has 0 aliphatic rings. The van der Waals surface area contributed by atoms with E-state index in [1.807, 2.05) is 45.9 Å². The summed E-state index contributed by atoms with van der Waals surface area (Å²) < 4.78 is 0. The van der Waals surface area contributed by atoms with E-state index in [0.29, 0.717) is 22.3 Å². The first-order valence-corrected chi connectivity index (χ1v) is 7.14. The largest absolute Gasteiger partial charge is 0.507 e. The monoisotopic (exact) mass is 290 g/mol. The topological polar surface area (TPSA) is 60.7 Å². The Morgan fingerprint density at radius 2 is 1.67 bits per heavy atom. The molecule has 0 unspecified atom stereocenters. The number of aliphatic hydroxyl groups is 1. The van der Waals surface area contributed by atoms with E-state index in [4.69, 9.17) is 0 Å². The van der Waals surface area contributed by atoms with E-state index in [1.54, 1.807) is 13.8 Å². The first kappa shape index (κ1) is 17.3. The van der Waals surface area contributed by atoms with E-state index in [2.05, 4.69) is 0 Å². The zero-order valence-corrected chi connectivity index (χ0v) is 13.8. The molecule has 1 rings (SSSR count). The van der Waals surface area contributed by atoms with Crippen molar-refractivity contribution in [3.05, 3.63) is 46.1 Å². The van der Waals surface area contributed by atoms with Crippen LogP contribution in [0.1, 0.15) is 49.9 Å². The lowest BCUT2D eigenvalue weighted by Gasteiger charge is -2.28. The van der Waals surface area contributed by atoms with Crippen molar-refractivity contribution in [2.75, 3.05) is 0 Å². The zero-order valence-electron chi connectivity index (χ0n) is 13.8. The van der Waals surface area contributed by atoms with Gasteiger partial charge in [-0.05, 0) is 33.3 Å². The van der Waals surface area contributed by atoms with Crippen LogP contribution in [0.3, 0.4) is 0 Å². The molecule has 1 aromatic carbocycles. The molecule has 0 saturated carbocycles. The molecular weight excluding hydrogens is 264 g/mol. The molecule has 3 heteroatoms. The average molecular weight is 290 g/mol. The maximum atomic E-state index is 10.5. The summed E-state index contributed by atoms with van der Waals surface area (Å²) in [4.78, 5) is 0. The van der Waals surface area contributed by atoms with Gasteiger partial charge in [-0.15, -0.1) is 0 Å². The van der Waals surface area contributed by atoms with Crippen LogP contribution in [0.5, 0.6) is 11.5 Å². The van der Waals surface area contributed by atoms with Crippen LogP contribution in [-0.2, 0) is 12.0 Å². The smallest absolute Gasteiger partial charge is 0.125 e. The summed E-state index contributed by atoms with van der Waals surface area (Å²) in [6.07, 6.45) is 6.00. The molecule has 3 nitrogen and oxygen atoms in total. The molecule has 0 aliphatic heterocycles. The minimum Gasteiger partial charge on any atom is -0.507 e. The van der Waals surface area contributed by atoms with E-state index in [0.717, 1.165) is 5.57 Å². The lowest BCUT2D eigenvalue weighted by atomic mass is 9.78. The van der Waals surface area contributed by atoms with Crippen LogP contribution < -0.4 is 0 Å². The van der Waals surface area contributed by atoms with E-state index < -0.39 is 5.41 Å². The average Bonchev–Trinajstić information content (AvgIpc) is 2.36. The van der Waals surface area contributed by atoms with Gasteiger partial charge < -0.3 is 15.3 Å². The fourth-order valence-electron chi connectivity index (χ4n) is 2.98. The molecule has 0 saturated heterocycles. The molecule has 0 radical (unpaired) electrons. The summed E-state index contributed by atoms with van der Waals surface area (Å²) in [7, 11) is 0. The Bertz CT molecular complexity index is 593. The van der Waals surface area contributed by atoms with Crippen LogP contribution in [-0.4, -0.2) is 15.3 Å². The van der Waals surface area contributed by atoms with E-state index >= 15 is 0 Å². The maximum absolute atomic E-state index is 10.5. The zero-order chi connectivity index (χ0) is 16.4. The van der Waals surface area contributed by atoms with Crippen LogP contribution in [0.4, 0.5) is 0 Å². The Morgan fingerprint density at radius 3 is 2.14 bits per heavy atom. The number of hydrogen-bond acceptors (Lipinski definition) is 3. The Morgan fingerprint density at radius 1 is 1.10 bits per heavy atom. The van der Waals surface area contributed by atoms with Gasteiger partial charge in [0.1, 0.15) is 11.5 Å². The summed E-state index contributed by atoms with van der Waals surface area (Å²) in [6.45, 7) is 11.1. The quantitative estimate of drug-likeness (QED) is 0.580. The third-order valence-corrected chi connectivity index (χ3v) is 3.88. The molecule has 0 heterocycles. The van der Waals surface area contributed by atoms with E-state index in [-0.39, 0.29) is 18.1 Å². The Labute approximate surface area is 127 Å². The van der Waals surface area contributed by atoms with Gasteiger partial charge in [-0.1, -0.05) is 37.6 Å². The fraction of sp³-hybridized carbons (Fsp3) is 0.444. The number of aromatic hydroxyl groups is 2. The predicted octanol–water partition coefficient (Wildman–Crippen LogP) is 4.01. The number of benzene rings is 1. The SMILES string of the molecule is C/C=C\C(C)=C\C(C)(C)c1c(C)c(O)c(C)c(CO)c1O. The number of phenolic OH excluding ortho intramolecular Hbond substituents is 1. The molecule has 3 N–H and O–H groups in total. The molecular formula is C18H26O3. The van der Waals surface area contributed by atoms with E-state index in [1.165, 1.54) is 0 Å². The van der Waals surface area contributed by atoms with Gasteiger partial charge in [-0.3, -0.25) is 0 Å². The van der Waals surface area contributed by atoms with Gasteiger partial charge in [0.2, 0.25) is 0 Å². The summed E-state index contributed by atoms with van der Waals surface area (Å²) >= 11 is 0. The van der Waals surface area contributed by atoms with Crippen LogP contribution in [0.2, 0.25) is 0 Å². The molecule has 116 valence electrons. The molecule has 0 spiro atoms. The molecule has 0 fully saturated rings. The lowest BCUT2D eigenvalue weighted by molar-refractivity contribution is 0.272. The Hall–Kier alpha value is -1.74. The van der Waals surface area contributed by atoms with Crippen molar-refractivity contribution in [1.82, 2.24) is 0 Å². The second-order valence-corrected chi connectivity index (χ2v) is 6.07. The van der Waals surface area contributed by atoms with Crippen molar-refractivity contribution in [2.24, 2.45) is 0 Å². The minimum atomic E-state index is -0.465. The molecule has 0 aromatic heterocycles. The third-order valence-electron chi connectivity index (χ3n) is 3.88. The standard InChI is InChI=1S/C18H26O3/c1-7-8-11(2)9-18(5,6)15-13(4)16(20)12(3)14(10-19)17(15)21/h7-9,19-21H,10H2,1-6H3/b8-7-,11-9+. The molecule has 1 aromatic rings. The van der Waals surface area contributed by atoms with Gasteiger partial charge in [0, 0.05) is 22.1 Å². The first-order chi connectivity index (χ1) is 9.67. The van der Waals surface area contributed by atoms with Crippen molar-refractivity contribution in [3.63, 3.8) is 0 Å². The van der Waals surface area contributed by atoms with Gasteiger partial charge in [0.15, 0.2) is 0 Å². The Balaban J connectivity index is 3.63. The van der Waals surface area contributed by atoms with Crippen molar-refractivity contribution in [2.45, 2.75) is 53.6 Å². The van der Waals surface area contributed by atoms with Crippen molar-refractivity contribution in [3.8, 4) is 11.5 Å². The van der Waals surface area contributed by atoms with Gasteiger partial charge in [0.05, 0.1) is 6.61 Å². The number of aliphatic hydroxyl groups excluding tert-OH is 1. The number of allylic oxidation sites excluding steroid dienone is 4. The number of hydrogen-bond donors (Lipinski definition) is 3. The minimum absolute atomic E-state index is 0.0693. The van der Waals surface area contributed by atoms with Gasteiger partial charge in [0.25, 0.3) is 0 Å². The molecule has 0 amide bonds. The van der Waals surface area contributed by atoms with Crippen molar-refractivity contribution < 1.29 is 15.3 Å². The maximum Gasteiger partial charge on any atom is 0.125 e. The lowest BCUT2D eigenvalue weighted by Crippen LogP contribution is -2.17. The highest BCUT2D eigenvalue weighted by Gasteiger charge is 2.28. The predicted molar refractivity (Wildman–Crippen MR) is 86.8 cm³/mol. The van der Waals surface area contributed by atoms with Crippen LogP contribution in [0.15, 0.2) is 23.8 Å². The highest BCUT2D eigenvalue weighted by molar-refractivity contribution is 5.60. The second-order valence-electron chi connectivity index (χ2n) is 6.07. The van der Waals surface area contributed by atoms with Crippen molar-refractivity contribution in [1.29, 1.82) is 0 Å². The summed E-state index contributed by atoms with van der Waals surface area (Å²) in [5, 5.41) is 30.3. The van der Waals surface area contributed by atoms with Gasteiger partial charge >= 0.3 is 0 Å². The highest BCUT2D eigenvalue weighted by Crippen LogP contribution is 2.43. The van der Waals surface area contributed by atoms with Crippen LogP contribution >= 0.6 is 0 Å². The molecule has 21 heavy (non-hydrogen) atoms.